The molecule has 0 aromatic carbocycles. The van der Waals surface area contributed by atoms with E-state index in [4.69, 9.17) is 0 Å². The number of nitrogens with zero attached hydrogens (tertiary/aromatic N) is 6. The van der Waals surface area contributed by atoms with Gasteiger partial charge in [0, 0.05) is 61.5 Å². The molecule has 3 fully saturated rings. The van der Waals surface area contributed by atoms with E-state index in [0.717, 1.165) is 74.2 Å². The smallest absolute Gasteiger partial charge is 0.225 e. The predicted molar refractivity (Wildman–Crippen MR) is 122 cm³/mol. The third-order valence-electron chi connectivity index (χ3n) is 7.55. The summed E-state index contributed by atoms with van der Waals surface area (Å²) >= 11 is 0. The van der Waals surface area contributed by atoms with E-state index >= 15 is 0 Å². The molecule has 0 unspecified atom stereocenters. The van der Waals surface area contributed by atoms with Gasteiger partial charge in [-0.3, -0.25) is 14.4 Å². The molecule has 8 heteroatoms. The van der Waals surface area contributed by atoms with Crippen LogP contribution in [0, 0.1) is 12.0 Å². The quantitative estimate of drug-likeness (QED) is 0.685. The summed E-state index contributed by atoms with van der Waals surface area (Å²) in [5, 5.41) is 5.62. The van der Waals surface area contributed by atoms with Crippen molar-refractivity contribution in [3.05, 3.63) is 37.0 Å². The maximum absolute atomic E-state index is 12.8. The topological polar surface area (TPSA) is 82.9 Å². The van der Waals surface area contributed by atoms with E-state index in [-0.39, 0.29) is 0 Å². The number of carbonyl (C=O) groups is 1. The Kier molecular flexibility index (Phi) is 5.17. The molecule has 1 radical (unpaired) electrons. The second kappa shape index (κ2) is 8.31. The molecule has 5 heterocycles. The predicted octanol–water partition coefficient (Wildman–Crippen LogP) is 3.09. The first-order valence-electron chi connectivity index (χ1n) is 12.0. The van der Waals surface area contributed by atoms with E-state index in [1.807, 2.05) is 23.1 Å². The maximum atomic E-state index is 12.8. The average Bonchev–Trinajstić information content (AvgIpc) is 3.48. The Morgan fingerprint density at radius 2 is 1.84 bits per heavy atom. The summed E-state index contributed by atoms with van der Waals surface area (Å²) in [5.74, 6) is 0.713. The zero-order chi connectivity index (χ0) is 21.5. The fraction of sp³-hybridized carbons (Fsp3) is 0.542. The van der Waals surface area contributed by atoms with Crippen molar-refractivity contribution in [1.82, 2.24) is 34.5 Å². The van der Waals surface area contributed by atoms with E-state index < -0.39 is 0 Å². The van der Waals surface area contributed by atoms with Crippen molar-refractivity contribution >= 4 is 16.9 Å². The summed E-state index contributed by atoms with van der Waals surface area (Å²) in [6.07, 6.45) is 15.6. The first-order valence-corrected chi connectivity index (χ1v) is 12.0. The summed E-state index contributed by atoms with van der Waals surface area (Å²) in [4.78, 5) is 29.4. The molecule has 3 aromatic rings. The molecule has 3 aliphatic rings. The summed E-state index contributed by atoms with van der Waals surface area (Å²) in [6, 6.07) is 3.90. The van der Waals surface area contributed by atoms with Crippen LogP contribution in [0.2, 0.25) is 0 Å². The number of H-pyrrole nitrogens is 1. The Bertz CT molecular complexity index is 1080. The number of hydrogen-bond donors (Lipinski definition) is 1. The van der Waals surface area contributed by atoms with Crippen LogP contribution in [0.5, 0.6) is 0 Å². The van der Waals surface area contributed by atoms with Gasteiger partial charge in [-0.15, -0.1) is 0 Å². The standard InChI is InChI=1S/C24H30N7O/c32-24(17-4-2-1-3-5-17)29-10-7-19(8-11-29)30-14-20(15-30)31-13-18(12-28-31)22-21-6-9-25-23(21)27-16-26-22/h6,9,12-13,16-17,19H,1-5,7-8,10-11,14-15H2,(H,25,26,27). The highest BCUT2D eigenvalue weighted by molar-refractivity contribution is 5.90. The Morgan fingerprint density at radius 1 is 1.03 bits per heavy atom. The maximum Gasteiger partial charge on any atom is 0.225 e. The number of carbonyl (C=O) groups excluding carboxylic acids is 1. The Balaban J connectivity index is 1.03. The van der Waals surface area contributed by atoms with Crippen LogP contribution in [-0.4, -0.2) is 72.7 Å². The number of rotatable bonds is 4. The fourth-order valence-electron chi connectivity index (χ4n) is 5.61. The van der Waals surface area contributed by atoms with Crippen molar-refractivity contribution in [3.8, 4) is 11.3 Å². The number of nitrogens with one attached hydrogen (secondary N) is 1. The van der Waals surface area contributed by atoms with Crippen LogP contribution < -0.4 is 0 Å². The SMILES string of the molecule is O=C(C1CCCCC1)N1CCC(N2C[C](n3cc(-c4ncnc5[nH]ccc45)cn3)C2)CC1. The molecule has 1 amide bonds. The first-order chi connectivity index (χ1) is 15.8. The molecule has 1 saturated carbocycles. The largest absolute Gasteiger partial charge is 0.346 e. The van der Waals surface area contributed by atoms with Crippen LogP contribution in [0.4, 0.5) is 0 Å². The highest BCUT2D eigenvalue weighted by atomic mass is 16.2. The monoisotopic (exact) mass is 432 g/mol. The molecule has 2 saturated heterocycles. The van der Waals surface area contributed by atoms with Gasteiger partial charge in [-0.25, -0.2) is 9.97 Å². The molecule has 167 valence electrons. The van der Waals surface area contributed by atoms with E-state index in [2.05, 4.69) is 36.0 Å². The molecule has 0 bridgehead atoms. The Hall–Kier alpha value is -2.74. The van der Waals surface area contributed by atoms with Crippen molar-refractivity contribution in [2.45, 2.75) is 51.0 Å². The van der Waals surface area contributed by atoms with Gasteiger partial charge < -0.3 is 9.88 Å². The minimum absolute atomic E-state index is 0.292. The average molecular weight is 433 g/mol. The number of likely N-dealkylation sites (tertiary alicyclic amines) is 2. The normalized spacial score (nSPS) is 21.8. The highest BCUT2D eigenvalue weighted by Crippen LogP contribution is 2.31. The van der Waals surface area contributed by atoms with Crippen LogP contribution in [0.25, 0.3) is 22.3 Å². The molecule has 3 aromatic heterocycles. The second-order valence-corrected chi connectivity index (χ2v) is 9.50. The highest BCUT2D eigenvalue weighted by Gasteiger charge is 2.37. The van der Waals surface area contributed by atoms with Gasteiger partial charge >= 0.3 is 0 Å². The van der Waals surface area contributed by atoms with Crippen molar-refractivity contribution in [3.63, 3.8) is 0 Å². The lowest BCUT2D eigenvalue weighted by Crippen LogP contribution is -2.57. The minimum Gasteiger partial charge on any atom is -0.346 e. The molecule has 1 aliphatic carbocycles. The summed E-state index contributed by atoms with van der Waals surface area (Å²) in [7, 11) is 0. The summed E-state index contributed by atoms with van der Waals surface area (Å²) < 4.78 is 2.01. The summed E-state index contributed by atoms with van der Waals surface area (Å²) in [6.45, 7) is 3.73. The molecular weight excluding hydrogens is 402 g/mol. The van der Waals surface area contributed by atoms with Crippen LogP contribution in [0.1, 0.15) is 44.9 Å². The number of piperidine rings is 1. The van der Waals surface area contributed by atoms with Crippen LogP contribution in [-0.2, 0) is 4.79 Å². The van der Waals surface area contributed by atoms with Gasteiger partial charge in [0.15, 0.2) is 0 Å². The van der Waals surface area contributed by atoms with Crippen molar-refractivity contribution in [2.75, 3.05) is 26.2 Å². The van der Waals surface area contributed by atoms with Gasteiger partial charge in [0.05, 0.1) is 11.9 Å². The molecular formula is C24H30N7O. The van der Waals surface area contributed by atoms with Gasteiger partial charge in [-0.2, -0.15) is 5.10 Å². The van der Waals surface area contributed by atoms with Crippen LogP contribution in [0.15, 0.2) is 31.0 Å². The molecule has 32 heavy (non-hydrogen) atoms. The van der Waals surface area contributed by atoms with E-state index in [1.165, 1.54) is 25.3 Å². The first kappa shape index (κ1) is 19.9. The van der Waals surface area contributed by atoms with Crippen LogP contribution in [0.3, 0.4) is 0 Å². The summed E-state index contributed by atoms with van der Waals surface area (Å²) in [5.41, 5.74) is 2.77. The van der Waals surface area contributed by atoms with Crippen molar-refractivity contribution in [2.24, 2.45) is 5.92 Å². The third-order valence-corrected chi connectivity index (χ3v) is 7.55. The van der Waals surface area contributed by atoms with Gasteiger partial charge in [-0.1, -0.05) is 19.3 Å². The number of aromatic amines is 1. The van der Waals surface area contributed by atoms with Gasteiger partial charge in [-0.05, 0) is 31.7 Å². The lowest BCUT2D eigenvalue weighted by atomic mass is 9.87. The molecule has 6 rings (SSSR count). The molecule has 8 nitrogen and oxygen atoms in total. The van der Waals surface area contributed by atoms with Gasteiger partial charge in [0.1, 0.15) is 18.0 Å². The number of hydrogen-bond acceptors (Lipinski definition) is 5. The number of aromatic nitrogens is 5. The lowest BCUT2D eigenvalue weighted by molar-refractivity contribution is -0.138. The molecule has 2 aliphatic heterocycles. The number of fused-ring (bicyclic) bond motifs is 1. The van der Waals surface area contributed by atoms with Crippen molar-refractivity contribution in [1.29, 1.82) is 0 Å². The van der Waals surface area contributed by atoms with Crippen LogP contribution >= 0.6 is 0 Å². The Morgan fingerprint density at radius 3 is 2.66 bits per heavy atom. The van der Waals surface area contributed by atoms with E-state index in [9.17, 15) is 4.79 Å². The number of amides is 1. The minimum atomic E-state index is 0.292. The molecule has 1 N–H and O–H groups in total. The molecule has 0 atom stereocenters. The van der Waals surface area contributed by atoms with E-state index in [0.29, 0.717) is 17.9 Å². The third kappa shape index (κ3) is 3.60. The second-order valence-electron chi connectivity index (χ2n) is 9.50. The molecule has 0 spiro atoms. The fourth-order valence-corrected chi connectivity index (χ4v) is 5.61. The van der Waals surface area contributed by atoms with Crippen molar-refractivity contribution < 1.29 is 4.79 Å². The lowest BCUT2D eigenvalue weighted by Gasteiger charge is -2.46. The van der Waals surface area contributed by atoms with E-state index in [1.54, 1.807) is 6.33 Å². The Labute approximate surface area is 188 Å². The van der Waals surface area contributed by atoms with Gasteiger partial charge in [0.25, 0.3) is 0 Å². The van der Waals surface area contributed by atoms with Gasteiger partial charge in [0.2, 0.25) is 5.91 Å². The zero-order valence-electron chi connectivity index (χ0n) is 18.4. The zero-order valence-corrected chi connectivity index (χ0v) is 18.4.